The molecule has 23 heavy (non-hydrogen) atoms. The molecule has 1 N–H and O–H groups in total. The van der Waals surface area contributed by atoms with Gasteiger partial charge in [0.05, 0.1) is 0 Å². The van der Waals surface area contributed by atoms with Crippen LogP contribution in [0.4, 0.5) is 0 Å². The number of hydrogen-bond acceptors (Lipinski definition) is 2. The first-order valence-electron chi connectivity index (χ1n) is 7.52. The second-order valence-corrected chi connectivity index (χ2v) is 6.06. The number of rotatable bonds is 1. The molecule has 1 aliphatic rings. The lowest BCUT2D eigenvalue weighted by molar-refractivity contribution is 0.217. The summed E-state index contributed by atoms with van der Waals surface area (Å²) in [4.78, 5) is 0. The monoisotopic (exact) mass is 322 g/mol. The Morgan fingerprint density at radius 2 is 1.35 bits per heavy atom. The fraction of sp³-hybridized carbons (Fsp3) is 0.100. The van der Waals surface area contributed by atoms with Crippen LogP contribution in [0.5, 0.6) is 5.75 Å². The molecule has 0 saturated heterocycles. The summed E-state index contributed by atoms with van der Waals surface area (Å²) in [6, 6.07) is 23.1. The molecule has 2 nitrogen and oxygen atoms in total. The van der Waals surface area contributed by atoms with Crippen molar-refractivity contribution in [2.24, 2.45) is 0 Å². The first-order chi connectivity index (χ1) is 11.2. The van der Waals surface area contributed by atoms with E-state index < -0.39 is 6.10 Å². The van der Waals surface area contributed by atoms with Crippen LogP contribution in [0.15, 0.2) is 72.8 Å². The van der Waals surface area contributed by atoms with E-state index >= 15 is 0 Å². The van der Waals surface area contributed by atoms with Crippen LogP contribution in [-0.2, 0) is 0 Å². The zero-order chi connectivity index (χ0) is 15.8. The minimum absolute atomic E-state index is 0.276. The Kier molecular flexibility index (Phi) is 3.56. The van der Waals surface area contributed by atoms with Gasteiger partial charge in [-0.2, -0.15) is 0 Å². The highest BCUT2D eigenvalue weighted by molar-refractivity contribution is 6.30. The van der Waals surface area contributed by atoms with E-state index in [2.05, 4.69) is 0 Å². The molecular formula is C20H15ClO2. The van der Waals surface area contributed by atoms with Crippen LogP contribution in [0.1, 0.15) is 34.5 Å². The fourth-order valence-corrected chi connectivity index (χ4v) is 3.18. The molecule has 3 heteroatoms. The molecule has 2 unspecified atom stereocenters. The molecule has 0 saturated carbocycles. The SMILES string of the molecule is OC1c2ccccc2OC(c2ccc(Cl)cc2)c2ccccc21. The number of hydrogen-bond donors (Lipinski definition) is 1. The Bertz CT molecular complexity index is 842. The third kappa shape index (κ3) is 2.50. The molecule has 2 atom stereocenters. The molecule has 1 aliphatic heterocycles. The standard InChI is InChI=1S/C20H15ClO2/c21-14-11-9-13(10-12-14)20-16-6-2-1-5-15(16)19(22)17-7-3-4-8-18(17)23-20/h1-12,19-20,22H. The van der Waals surface area contributed by atoms with Gasteiger partial charge in [-0.05, 0) is 29.3 Å². The van der Waals surface area contributed by atoms with E-state index in [9.17, 15) is 5.11 Å². The number of fused-ring (bicyclic) bond motifs is 2. The molecular weight excluding hydrogens is 308 g/mol. The molecule has 0 aromatic heterocycles. The number of benzene rings is 3. The Hall–Kier alpha value is -2.29. The average Bonchev–Trinajstić information content (AvgIpc) is 2.72. The summed E-state index contributed by atoms with van der Waals surface area (Å²) >= 11 is 6.01. The van der Waals surface area contributed by atoms with Gasteiger partial charge in [0.15, 0.2) is 0 Å². The van der Waals surface area contributed by atoms with Gasteiger partial charge < -0.3 is 9.84 Å². The van der Waals surface area contributed by atoms with Gasteiger partial charge in [-0.15, -0.1) is 0 Å². The predicted molar refractivity (Wildman–Crippen MR) is 90.9 cm³/mol. The summed E-state index contributed by atoms with van der Waals surface area (Å²) in [7, 11) is 0. The summed E-state index contributed by atoms with van der Waals surface area (Å²) in [6.45, 7) is 0. The van der Waals surface area contributed by atoms with Crippen molar-refractivity contribution < 1.29 is 9.84 Å². The lowest BCUT2D eigenvalue weighted by Gasteiger charge is -2.20. The quantitative estimate of drug-likeness (QED) is 0.690. The molecule has 3 aromatic rings. The zero-order valence-corrected chi connectivity index (χ0v) is 13.1. The third-order valence-corrected chi connectivity index (χ3v) is 4.46. The number of para-hydroxylation sites is 1. The van der Waals surface area contributed by atoms with Gasteiger partial charge in [0, 0.05) is 16.1 Å². The van der Waals surface area contributed by atoms with Gasteiger partial charge >= 0.3 is 0 Å². The van der Waals surface area contributed by atoms with Crippen molar-refractivity contribution in [3.8, 4) is 5.75 Å². The van der Waals surface area contributed by atoms with E-state index in [1.54, 1.807) is 0 Å². The number of aliphatic hydroxyl groups excluding tert-OH is 1. The van der Waals surface area contributed by atoms with Crippen molar-refractivity contribution in [1.82, 2.24) is 0 Å². The summed E-state index contributed by atoms with van der Waals surface area (Å²) in [5.41, 5.74) is 3.64. The van der Waals surface area contributed by atoms with E-state index in [1.165, 1.54) is 0 Å². The van der Waals surface area contributed by atoms with Crippen LogP contribution in [0, 0.1) is 0 Å². The topological polar surface area (TPSA) is 29.5 Å². The molecule has 114 valence electrons. The highest BCUT2D eigenvalue weighted by atomic mass is 35.5. The summed E-state index contributed by atoms with van der Waals surface area (Å²) in [5.74, 6) is 0.705. The smallest absolute Gasteiger partial charge is 0.149 e. The Labute approximate surface area is 139 Å². The van der Waals surface area contributed by atoms with Crippen LogP contribution < -0.4 is 4.74 Å². The maximum absolute atomic E-state index is 10.8. The largest absolute Gasteiger partial charge is 0.481 e. The first-order valence-corrected chi connectivity index (χ1v) is 7.90. The number of ether oxygens (including phenoxy) is 1. The van der Waals surface area contributed by atoms with Crippen LogP contribution in [0.2, 0.25) is 5.02 Å². The van der Waals surface area contributed by atoms with E-state index in [1.807, 2.05) is 72.8 Å². The van der Waals surface area contributed by atoms with E-state index in [4.69, 9.17) is 16.3 Å². The lowest BCUT2D eigenvalue weighted by Crippen LogP contribution is -2.10. The van der Waals surface area contributed by atoms with Crippen LogP contribution in [-0.4, -0.2) is 5.11 Å². The minimum Gasteiger partial charge on any atom is -0.481 e. The van der Waals surface area contributed by atoms with Gasteiger partial charge in [0.25, 0.3) is 0 Å². The molecule has 0 radical (unpaired) electrons. The van der Waals surface area contributed by atoms with Crippen molar-refractivity contribution in [2.75, 3.05) is 0 Å². The summed E-state index contributed by atoms with van der Waals surface area (Å²) in [6.07, 6.45) is -0.971. The van der Waals surface area contributed by atoms with Crippen molar-refractivity contribution in [3.63, 3.8) is 0 Å². The molecule has 3 aromatic carbocycles. The molecule has 0 aliphatic carbocycles. The van der Waals surface area contributed by atoms with Crippen molar-refractivity contribution in [1.29, 1.82) is 0 Å². The van der Waals surface area contributed by atoms with E-state index in [0.717, 1.165) is 22.3 Å². The van der Waals surface area contributed by atoms with Crippen molar-refractivity contribution in [2.45, 2.75) is 12.2 Å². The van der Waals surface area contributed by atoms with Gasteiger partial charge in [-0.3, -0.25) is 0 Å². The van der Waals surface area contributed by atoms with Crippen LogP contribution in [0.3, 0.4) is 0 Å². The highest BCUT2D eigenvalue weighted by Gasteiger charge is 2.29. The summed E-state index contributed by atoms with van der Waals surface area (Å²) < 4.78 is 6.28. The minimum atomic E-state index is -0.695. The van der Waals surface area contributed by atoms with E-state index in [0.29, 0.717) is 10.8 Å². The van der Waals surface area contributed by atoms with Gasteiger partial charge in [-0.1, -0.05) is 66.2 Å². The molecule has 1 heterocycles. The summed E-state index contributed by atoms with van der Waals surface area (Å²) in [5, 5.41) is 11.5. The number of aliphatic hydroxyl groups is 1. The third-order valence-electron chi connectivity index (χ3n) is 4.20. The highest BCUT2D eigenvalue weighted by Crippen LogP contribution is 2.42. The van der Waals surface area contributed by atoms with Crippen LogP contribution >= 0.6 is 11.6 Å². The first kappa shape index (κ1) is 14.3. The Morgan fingerprint density at radius 3 is 2.09 bits per heavy atom. The van der Waals surface area contributed by atoms with Gasteiger partial charge in [0.1, 0.15) is 18.0 Å². The fourth-order valence-electron chi connectivity index (χ4n) is 3.06. The maximum atomic E-state index is 10.8. The van der Waals surface area contributed by atoms with Crippen LogP contribution in [0.25, 0.3) is 0 Å². The number of halogens is 1. The molecule has 4 rings (SSSR count). The zero-order valence-electron chi connectivity index (χ0n) is 12.3. The predicted octanol–water partition coefficient (Wildman–Crippen LogP) is 4.90. The maximum Gasteiger partial charge on any atom is 0.149 e. The van der Waals surface area contributed by atoms with Gasteiger partial charge in [-0.25, -0.2) is 0 Å². The van der Waals surface area contributed by atoms with E-state index in [-0.39, 0.29) is 6.10 Å². The second kappa shape index (κ2) is 5.73. The lowest BCUT2D eigenvalue weighted by atomic mass is 9.92. The average molecular weight is 323 g/mol. The molecule has 0 fully saturated rings. The normalized spacial score (nSPS) is 19.2. The second-order valence-electron chi connectivity index (χ2n) is 5.62. The van der Waals surface area contributed by atoms with Crippen molar-refractivity contribution in [3.05, 3.63) is 100 Å². The Morgan fingerprint density at radius 1 is 0.739 bits per heavy atom. The Balaban J connectivity index is 1.92. The van der Waals surface area contributed by atoms with Gasteiger partial charge in [0.2, 0.25) is 0 Å². The van der Waals surface area contributed by atoms with Crippen molar-refractivity contribution >= 4 is 11.6 Å². The molecule has 0 spiro atoms. The molecule has 0 amide bonds. The molecule has 0 bridgehead atoms.